The Labute approximate surface area is 174 Å². The van der Waals surface area contributed by atoms with Gasteiger partial charge in [0, 0.05) is 29.7 Å². The van der Waals surface area contributed by atoms with Crippen molar-refractivity contribution < 1.29 is 4.79 Å². The summed E-state index contributed by atoms with van der Waals surface area (Å²) >= 11 is 6.93. The van der Waals surface area contributed by atoms with E-state index in [0.29, 0.717) is 5.11 Å². The fourth-order valence-electron chi connectivity index (χ4n) is 3.77. The Morgan fingerprint density at radius 1 is 1.18 bits per heavy atom. The van der Waals surface area contributed by atoms with Gasteiger partial charge in [-0.1, -0.05) is 43.2 Å². The molecule has 0 radical (unpaired) electrons. The highest BCUT2D eigenvalue weighted by Gasteiger charge is 2.34. The van der Waals surface area contributed by atoms with Crippen LogP contribution in [0.4, 0.5) is 0 Å². The lowest BCUT2D eigenvalue weighted by molar-refractivity contribution is -0.127. The van der Waals surface area contributed by atoms with Crippen LogP contribution in [0.3, 0.4) is 0 Å². The number of amides is 1. The van der Waals surface area contributed by atoms with E-state index in [4.69, 9.17) is 17.2 Å². The fraction of sp³-hybridized carbons (Fsp3) is 0.381. The topological polar surface area (TPSA) is 57.3 Å². The molecule has 0 bridgehead atoms. The van der Waals surface area contributed by atoms with Crippen LogP contribution in [-0.4, -0.2) is 34.0 Å². The Hall–Kier alpha value is -2.25. The number of rotatable bonds is 3. The van der Waals surface area contributed by atoms with Gasteiger partial charge in [-0.25, -0.2) is 4.98 Å². The van der Waals surface area contributed by atoms with Crippen LogP contribution in [0.5, 0.6) is 0 Å². The van der Waals surface area contributed by atoms with Crippen LogP contribution in [0.1, 0.15) is 43.7 Å². The fourth-order valence-corrected chi connectivity index (χ4v) is 4.92. The highest BCUT2D eigenvalue weighted by molar-refractivity contribution is 7.80. The van der Waals surface area contributed by atoms with Gasteiger partial charge in [-0.2, -0.15) is 0 Å². The summed E-state index contributed by atoms with van der Waals surface area (Å²) in [5, 5.41) is 9.85. The van der Waals surface area contributed by atoms with E-state index < -0.39 is 0 Å². The van der Waals surface area contributed by atoms with Gasteiger partial charge < -0.3 is 15.5 Å². The molecule has 2 N–H and O–H groups in total. The monoisotopic (exact) mass is 412 g/mol. The number of nitrogens with one attached hydrogen (secondary N) is 2. The second-order valence-corrected chi connectivity index (χ2v) is 8.51. The number of carbonyl (C=O) groups excluding carboxylic acids is 1. The zero-order valence-corrected chi connectivity index (χ0v) is 17.5. The van der Waals surface area contributed by atoms with Crippen LogP contribution >= 0.6 is 23.6 Å². The summed E-state index contributed by atoms with van der Waals surface area (Å²) in [4.78, 5) is 20.2. The number of likely N-dealkylation sites (tertiary alicyclic amines) is 1. The van der Waals surface area contributed by atoms with E-state index in [-0.39, 0.29) is 11.9 Å². The highest BCUT2D eigenvalue weighted by Crippen LogP contribution is 2.33. The van der Waals surface area contributed by atoms with Crippen LogP contribution in [0, 0.1) is 0 Å². The van der Waals surface area contributed by atoms with Gasteiger partial charge >= 0.3 is 0 Å². The summed E-state index contributed by atoms with van der Waals surface area (Å²) in [6.45, 7) is 3.57. The Balaban J connectivity index is 1.66. The summed E-state index contributed by atoms with van der Waals surface area (Å²) in [5.41, 5.74) is 3.54. The van der Waals surface area contributed by atoms with Crippen LogP contribution in [0.25, 0.3) is 11.3 Å². The number of aromatic nitrogens is 1. The molecule has 2 aliphatic rings. The number of hydrogen-bond donors (Lipinski definition) is 2. The maximum atomic E-state index is 13.4. The average molecular weight is 413 g/mol. The molecule has 0 saturated carbocycles. The van der Waals surface area contributed by atoms with E-state index in [1.165, 1.54) is 12.8 Å². The van der Waals surface area contributed by atoms with Gasteiger partial charge in [0.1, 0.15) is 11.0 Å². The molecule has 0 spiro atoms. The zero-order valence-electron chi connectivity index (χ0n) is 15.9. The lowest BCUT2D eigenvalue weighted by Crippen LogP contribution is -2.47. The Bertz CT molecular complexity index is 898. The molecular weight excluding hydrogens is 388 g/mol. The molecule has 28 heavy (non-hydrogen) atoms. The third-order valence-corrected chi connectivity index (χ3v) is 6.36. The maximum absolute atomic E-state index is 13.4. The number of allylic oxidation sites excluding steroid dienone is 1. The normalized spacial score (nSPS) is 20.4. The van der Waals surface area contributed by atoms with Crippen molar-refractivity contribution in [2.45, 2.75) is 38.6 Å². The van der Waals surface area contributed by atoms with Crippen LogP contribution in [-0.2, 0) is 4.79 Å². The lowest BCUT2D eigenvalue weighted by atomic mass is 10.0. The van der Waals surface area contributed by atoms with Crippen LogP contribution in [0.15, 0.2) is 47.0 Å². The molecule has 1 atom stereocenters. The molecule has 1 saturated heterocycles. The third kappa shape index (κ3) is 3.95. The average Bonchev–Trinajstić information content (AvgIpc) is 3.03. The van der Waals surface area contributed by atoms with Crippen molar-refractivity contribution >= 4 is 34.6 Å². The molecule has 146 valence electrons. The smallest absolute Gasteiger partial charge is 0.254 e. The molecular formula is C21H24N4OS2. The molecule has 0 unspecified atom stereocenters. The number of hydrogen-bond acceptors (Lipinski definition) is 4. The first-order valence-electron chi connectivity index (χ1n) is 9.72. The second kappa shape index (κ2) is 8.41. The minimum Gasteiger partial charge on any atom is -0.349 e. The molecule has 3 heterocycles. The summed E-state index contributed by atoms with van der Waals surface area (Å²) in [7, 11) is 0. The summed E-state index contributed by atoms with van der Waals surface area (Å²) in [6, 6.07) is 9.78. The first-order chi connectivity index (χ1) is 13.6. The van der Waals surface area contributed by atoms with Gasteiger partial charge in [0.05, 0.1) is 11.3 Å². The van der Waals surface area contributed by atoms with Crippen molar-refractivity contribution in [2.75, 3.05) is 13.1 Å². The Morgan fingerprint density at radius 2 is 1.89 bits per heavy atom. The van der Waals surface area contributed by atoms with Gasteiger partial charge in [-0.3, -0.25) is 4.79 Å². The SMILES string of the molecule is CC1=C(C(=O)N2CCCCCC2)[C@@H](c2nc(-c3ccccc3)cs2)NC(=S)N1. The lowest BCUT2D eigenvalue weighted by Gasteiger charge is -2.32. The first-order valence-corrected chi connectivity index (χ1v) is 11.0. The molecule has 1 aromatic carbocycles. The maximum Gasteiger partial charge on any atom is 0.254 e. The van der Waals surface area contributed by atoms with E-state index in [1.807, 2.05) is 47.5 Å². The molecule has 2 aliphatic heterocycles. The van der Waals surface area contributed by atoms with Gasteiger partial charge in [0.2, 0.25) is 0 Å². The predicted molar refractivity (Wildman–Crippen MR) is 117 cm³/mol. The number of benzene rings is 1. The van der Waals surface area contributed by atoms with E-state index in [2.05, 4.69) is 10.6 Å². The molecule has 5 nitrogen and oxygen atoms in total. The number of nitrogens with zero attached hydrogens (tertiary/aromatic N) is 2. The van der Waals surface area contributed by atoms with Crippen LogP contribution < -0.4 is 10.6 Å². The Morgan fingerprint density at radius 3 is 2.61 bits per heavy atom. The minimum absolute atomic E-state index is 0.0864. The van der Waals surface area contributed by atoms with Crippen molar-refractivity contribution in [3.63, 3.8) is 0 Å². The number of thiocarbonyl (C=S) groups is 1. The van der Waals surface area contributed by atoms with E-state index >= 15 is 0 Å². The number of carbonyl (C=O) groups is 1. The standard InChI is InChI=1S/C21H24N4OS2/c1-14-17(20(26)25-11-7-2-3-8-12-25)18(24-21(27)22-14)19-23-16(13-28-19)15-9-5-4-6-10-15/h4-6,9-10,13,18H,2-3,7-8,11-12H2,1H3,(H2,22,24,27)/t18-/m0/s1. The first kappa shape index (κ1) is 19.1. The van der Waals surface area contributed by atoms with Gasteiger partial charge in [0.25, 0.3) is 5.91 Å². The quantitative estimate of drug-likeness (QED) is 0.746. The molecule has 1 amide bonds. The van der Waals surface area contributed by atoms with Gasteiger partial charge in [-0.15, -0.1) is 11.3 Å². The molecule has 1 aromatic heterocycles. The van der Waals surface area contributed by atoms with E-state index in [1.54, 1.807) is 11.3 Å². The largest absolute Gasteiger partial charge is 0.349 e. The summed E-state index contributed by atoms with van der Waals surface area (Å²) in [5.74, 6) is 0.0864. The van der Waals surface area contributed by atoms with Gasteiger partial charge in [-0.05, 0) is 32.0 Å². The summed E-state index contributed by atoms with van der Waals surface area (Å²) in [6.07, 6.45) is 4.52. The minimum atomic E-state index is -0.313. The van der Waals surface area contributed by atoms with E-state index in [9.17, 15) is 4.79 Å². The van der Waals surface area contributed by atoms with Crippen molar-refractivity contribution in [3.05, 3.63) is 52.0 Å². The predicted octanol–water partition coefficient (Wildman–Crippen LogP) is 4.01. The second-order valence-electron chi connectivity index (χ2n) is 7.21. The molecule has 2 aromatic rings. The highest BCUT2D eigenvalue weighted by atomic mass is 32.1. The molecule has 0 aliphatic carbocycles. The molecule has 1 fully saturated rings. The van der Waals surface area contributed by atoms with Crippen molar-refractivity contribution in [2.24, 2.45) is 0 Å². The van der Waals surface area contributed by atoms with Gasteiger partial charge in [0.15, 0.2) is 5.11 Å². The van der Waals surface area contributed by atoms with Crippen molar-refractivity contribution in [1.82, 2.24) is 20.5 Å². The van der Waals surface area contributed by atoms with E-state index in [0.717, 1.165) is 53.5 Å². The zero-order chi connectivity index (χ0) is 19.5. The molecule has 7 heteroatoms. The molecule has 4 rings (SSSR count). The third-order valence-electron chi connectivity index (χ3n) is 5.23. The van der Waals surface area contributed by atoms with Crippen molar-refractivity contribution in [1.29, 1.82) is 0 Å². The van der Waals surface area contributed by atoms with Crippen LogP contribution in [0.2, 0.25) is 0 Å². The van der Waals surface area contributed by atoms with Crippen molar-refractivity contribution in [3.8, 4) is 11.3 Å². The summed E-state index contributed by atoms with van der Waals surface area (Å²) < 4.78 is 0. The number of thiazole rings is 1. The Kier molecular flexibility index (Phi) is 5.73.